The van der Waals surface area contributed by atoms with Crippen molar-refractivity contribution in [2.75, 3.05) is 19.0 Å². The average molecular weight is 285 g/mol. The van der Waals surface area contributed by atoms with Gasteiger partial charge < -0.3 is 15.4 Å². The molecule has 0 radical (unpaired) electrons. The highest BCUT2D eigenvalue weighted by molar-refractivity contribution is 6.03. The lowest BCUT2D eigenvalue weighted by Crippen LogP contribution is -2.35. The highest BCUT2D eigenvalue weighted by Crippen LogP contribution is 2.25. The molecule has 2 aromatic rings. The van der Waals surface area contributed by atoms with Crippen molar-refractivity contribution in [3.8, 4) is 0 Å². The number of rotatable bonds is 3. The Bertz CT molecular complexity index is 672. The highest BCUT2D eigenvalue weighted by atomic mass is 16.5. The summed E-state index contributed by atoms with van der Waals surface area (Å²) in [5.41, 5.74) is 2.82. The van der Waals surface area contributed by atoms with Gasteiger partial charge in [0.25, 0.3) is 0 Å². The Morgan fingerprint density at radius 1 is 1.43 bits per heavy atom. The molecule has 1 fully saturated rings. The number of pyridine rings is 1. The minimum Gasteiger partial charge on any atom is -0.380 e. The molecular weight excluding hydrogens is 266 g/mol. The largest absolute Gasteiger partial charge is 0.380 e. The molecule has 0 spiro atoms. The zero-order valence-corrected chi connectivity index (χ0v) is 12.2. The van der Waals surface area contributed by atoms with Crippen molar-refractivity contribution in [1.29, 1.82) is 0 Å². The first-order chi connectivity index (χ1) is 10.2. The van der Waals surface area contributed by atoms with Gasteiger partial charge in [0, 0.05) is 25.2 Å². The molecule has 2 N–H and O–H groups in total. The third-order valence-electron chi connectivity index (χ3n) is 3.97. The fraction of sp³-hybridized carbons (Fsp3) is 0.375. The number of nitrogens with one attached hydrogen (secondary N) is 2. The molecular formula is C16H19N3O2. The maximum Gasteiger partial charge on any atom is 0.241 e. The molecule has 1 aromatic carbocycles. The van der Waals surface area contributed by atoms with E-state index in [0.29, 0.717) is 13.0 Å². The van der Waals surface area contributed by atoms with Crippen LogP contribution in [0.3, 0.4) is 0 Å². The number of hydrogen-bond acceptors (Lipinski definition) is 4. The van der Waals surface area contributed by atoms with E-state index >= 15 is 0 Å². The van der Waals surface area contributed by atoms with E-state index in [-0.39, 0.29) is 18.1 Å². The Hall–Kier alpha value is -1.98. The predicted octanol–water partition coefficient (Wildman–Crippen LogP) is 1.86. The van der Waals surface area contributed by atoms with Crippen LogP contribution in [-0.4, -0.2) is 36.7 Å². The van der Waals surface area contributed by atoms with Crippen molar-refractivity contribution < 1.29 is 9.53 Å². The van der Waals surface area contributed by atoms with Gasteiger partial charge in [-0.15, -0.1) is 0 Å². The average Bonchev–Trinajstić information content (AvgIpc) is 2.99. The molecule has 1 aliphatic heterocycles. The summed E-state index contributed by atoms with van der Waals surface area (Å²) in [5, 5.41) is 7.15. The summed E-state index contributed by atoms with van der Waals surface area (Å²) in [6, 6.07) is 7.56. The molecule has 2 atom stereocenters. The lowest BCUT2D eigenvalue weighted by atomic mass is 10.1. The second-order valence-corrected chi connectivity index (χ2v) is 5.37. The number of hydrogen-bond donors (Lipinski definition) is 2. The van der Waals surface area contributed by atoms with Crippen LogP contribution in [0.5, 0.6) is 0 Å². The summed E-state index contributed by atoms with van der Waals surface area (Å²) in [7, 11) is 1.67. The van der Waals surface area contributed by atoms with Crippen LogP contribution in [0.1, 0.15) is 12.0 Å². The molecule has 0 saturated carbocycles. The van der Waals surface area contributed by atoms with Gasteiger partial charge in [-0.2, -0.15) is 0 Å². The minimum absolute atomic E-state index is 0.0245. The van der Waals surface area contributed by atoms with E-state index in [9.17, 15) is 4.79 Å². The first-order valence-electron chi connectivity index (χ1n) is 7.10. The first-order valence-corrected chi connectivity index (χ1v) is 7.10. The summed E-state index contributed by atoms with van der Waals surface area (Å²) in [6.45, 7) is 2.73. The first kappa shape index (κ1) is 14.0. The number of nitrogens with zero attached hydrogens (tertiary/aromatic N) is 1. The molecule has 1 amide bonds. The number of fused-ring (bicyclic) bond motifs is 1. The van der Waals surface area contributed by atoms with Gasteiger partial charge in [0.15, 0.2) is 0 Å². The van der Waals surface area contributed by atoms with E-state index < -0.39 is 0 Å². The van der Waals surface area contributed by atoms with Gasteiger partial charge in [0.05, 0.1) is 23.3 Å². The van der Waals surface area contributed by atoms with E-state index in [2.05, 4.69) is 15.6 Å². The summed E-state index contributed by atoms with van der Waals surface area (Å²) in [4.78, 5) is 16.7. The van der Waals surface area contributed by atoms with E-state index in [0.717, 1.165) is 22.2 Å². The van der Waals surface area contributed by atoms with E-state index in [1.807, 2.05) is 31.2 Å². The molecule has 5 heteroatoms. The topological polar surface area (TPSA) is 63.2 Å². The van der Waals surface area contributed by atoms with Crippen LogP contribution in [-0.2, 0) is 9.53 Å². The third-order valence-corrected chi connectivity index (χ3v) is 3.97. The van der Waals surface area contributed by atoms with Gasteiger partial charge in [0.1, 0.15) is 0 Å². The number of benzene rings is 1. The number of aryl methyl sites for hydroxylation is 1. The van der Waals surface area contributed by atoms with E-state index in [1.54, 1.807) is 13.3 Å². The molecule has 1 aromatic heterocycles. The standard InChI is InChI=1S/C16H19N3O2/c1-10-5-6-13(12-4-3-7-17-15(10)12)19-16(20)14-8-11(21-2)9-18-14/h3-7,11,14,18H,8-9H2,1-2H3,(H,19,20). The summed E-state index contributed by atoms with van der Waals surface area (Å²) in [6.07, 6.45) is 2.57. The number of amides is 1. The number of carbonyl (C=O) groups excluding carboxylic acids is 1. The number of methoxy groups -OCH3 is 1. The minimum atomic E-state index is -0.206. The molecule has 1 saturated heterocycles. The highest BCUT2D eigenvalue weighted by Gasteiger charge is 2.29. The molecule has 0 bridgehead atoms. The molecule has 2 heterocycles. The maximum atomic E-state index is 12.4. The molecule has 2 unspecified atom stereocenters. The van der Waals surface area contributed by atoms with Gasteiger partial charge >= 0.3 is 0 Å². The molecule has 1 aliphatic rings. The van der Waals surface area contributed by atoms with Crippen LogP contribution in [0.4, 0.5) is 5.69 Å². The number of carbonyl (C=O) groups is 1. The van der Waals surface area contributed by atoms with Crippen LogP contribution >= 0.6 is 0 Å². The van der Waals surface area contributed by atoms with Gasteiger partial charge in [-0.1, -0.05) is 6.07 Å². The number of aromatic nitrogens is 1. The predicted molar refractivity (Wildman–Crippen MR) is 82.3 cm³/mol. The molecule has 110 valence electrons. The molecule has 3 rings (SSSR count). The zero-order valence-electron chi connectivity index (χ0n) is 12.2. The summed E-state index contributed by atoms with van der Waals surface area (Å²) >= 11 is 0. The van der Waals surface area contributed by atoms with Gasteiger partial charge in [-0.3, -0.25) is 9.78 Å². The normalized spacial score (nSPS) is 21.6. The maximum absolute atomic E-state index is 12.4. The Labute approximate surface area is 123 Å². The van der Waals surface area contributed by atoms with Crippen LogP contribution in [0, 0.1) is 6.92 Å². The summed E-state index contributed by atoms with van der Waals surface area (Å²) < 4.78 is 5.28. The van der Waals surface area contributed by atoms with Crippen molar-refractivity contribution in [1.82, 2.24) is 10.3 Å². The quantitative estimate of drug-likeness (QED) is 0.903. The molecule has 21 heavy (non-hydrogen) atoms. The van der Waals surface area contributed by atoms with Crippen LogP contribution in [0.2, 0.25) is 0 Å². The van der Waals surface area contributed by atoms with Gasteiger partial charge in [-0.25, -0.2) is 0 Å². The van der Waals surface area contributed by atoms with Crippen molar-refractivity contribution in [3.63, 3.8) is 0 Å². The van der Waals surface area contributed by atoms with Crippen molar-refractivity contribution in [2.24, 2.45) is 0 Å². The lowest BCUT2D eigenvalue weighted by Gasteiger charge is -2.13. The Morgan fingerprint density at radius 3 is 3.05 bits per heavy atom. The lowest BCUT2D eigenvalue weighted by molar-refractivity contribution is -0.117. The fourth-order valence-corrected chi connectivity index (χ4v) is 2.73. The van der Waals surface area contributed by atoms with Crippen LogP contribution in [0.15, 0.2) is 30.5 Å². The van der Waals surface area contributed by atoms with Crippen molar-refractivity contribution in [2.45, 2.75) is 25.5 Å². The summed E-state index contributed by atoms with van der Waals surface area (Å²) in [5.74, 6) is -0.0245. The molecule has 0 aliphatic carbocycles. The monoisotopic (exact) mass is 285 g/mol. The van der Waals surface area contributed by atoms with Crippen LogP contribution < -0.4 is 10.6 Å². The van der Waals surface area contributed by atoms with Crippen molar-refractivity contribution in [3.05, 3.63) is 36.0 Å². The van der Waals surface area contributed by atoms with Gasteiger partial charge in [0.2, 0.25) is 5.91 Å². The Balaban J connectivity index is 1.82. The van der Waals surface area contributed by atoms with Crippen molar-refractivity contribution >= 4 is 22.5 Å². The third kappa shape index (κ3) is 2.75. The second kappa shape index (κ2) is 5.79. The smallest absolute Gasteiger partial charge is 0.241 e. The van der Waals surface area contributed by atoms with E-state index in [4.69, 9.17) is 4.74 Å². The Morgan fingerprint density at radius 2 is 2.29 bits per heavy atom. The Kier molecular flexibility index (Phi) is 3.86. The van der Waals surface area contributed by atoms with Crippen LogP contribution in [0.25, 0.3) is 10.9 Å². The fourth-order valence-electron chi connectivity index (χ4n) is 2.73. The zero-order chi connectivity index (χ0) is 14.8. The number of ether oxygens (including phenoxy) is 1. The number of anilines is 1. The second-order valence-electron chi connectivity index (χ2n) is 5.37. The van der Waals surface area contributed by atoms with E-state index in [1.165, 1.54) is 0 Å². The molecule has 5 nitrogen and oxygen atoms in total. The van der Waals surface area contributed by atoms with Gasteiger partial charge in [-0.05, 0) is 37.1 Å². The SMILES string of the molecule is COC1CNC(C(=O)Nc2ccc(C)c3ncccc23)C1.